The van der Waals surface area contributed by atoms with Crippen LogP contribution in [-0.4, -0.2) is 29.9 Å². The Morgan fingerprint density at radius 2 is 2.21 bits per heavy atom. The van der Waals surface area contributed by atoms with Crippen LogP contribution < -0.4 is 5.32 Å². The lowest BCUT2D eigenvalue weighted by atomic mass is 9.90. The molecule has 1 saturated heterocycles. The minimum absolute atomic E-state index is 0.0282. The number of para-hydroxylation sites is 1. The molecule has 1 aliphatic rings. The van der Waals surface area contributed by atoms with E-state index in [0.29, 0.717) is 17.3 Å². The molecule has 2 rings (SSSR count). The number of nitrogens with zero attached hydrogens (tertiary/aromatic N) is 2. The molecule has 4 nitrogen and oxygen atoms in total. The number of hydrogen-bond donors (Lipinski definition) is 1. The van der Waals surface area contributed by atoms with Crippen molar-refractivity contribution in [1.82, 2.24) is 4.90 Å². The maximum Gasteiger partial charge on any atom is 0.228 e. The van der Waals surface area contributed by atoms with Crippen LogP contribution in [-0.2, 0) is 11.2 Å². The minimum Gasteiger partial charge on any atom is -0.324 e. The monoisotopic (exact) mass is 327 g/mol. The molecule has 2 atom stereocenters. The molecule has 1 aromatic rings. The molecule has 0 saturated carbocycles. The van der Waals surface area contributed by atoms with Crippen molar-refractivity contribution in [2.75, 3.05) is 18.4 Å². The van der Waals surface area contributed by atoms with Gasteiger partial charge in [-0.15, -0.1) is 0 Å². The number of aryl methyl sites for hydroxylation is 1. The molecule has 0 aromatic heterocycles. The van der Waals surface area contributed by atoms with Gasteiger partial charge in [0, 0.05) is 6.04 Å². The highest BCUT2D eigenvalue weighted by Crippen LogP contribution is 2.26. The van der Waals surface area contributed by atoms with Crippen LogP contribution in [0.1, 0.15) is 57.6 Å². The summed E-state index contributed by atoms with van der Waals surface area (Å²) in [6, 6.07) is 8.12. The number of likely N-dealkylation sites (tertiary alicyclic amines) is 1. The number of carbonyl (C=O) groups is 1. The fraction of sp³-hybridized carbons (Fsp3) is 0.600. The van der Waals surface area contributed by atoms with E-state index in [4.69, 9.17) is 0 Å². The quantitative estimate of drug-likeness (QED) is 0.860. The van der Waals surface area contributed by atoms with Gasteiger partial charge in [-0.2, -0.15) is 5.26 Å². The smallest absolute Gasteiger partial charge is 0.228 e. The average Bonchev–Trinajstić information content (AvgIpc) is 2.62. The summed E-state index contributed by atoms with van der Waals surface area (Å²) < 4.78 is 0. The van der Waals surface area contributed by atoms with E-state index in [1.54, 1.807) is 6.07 Å². The van der Waals surface area contributed by atoms with Gasteiger partial charge in [-0.25, -0.2) is 0 Å². The van der Waals surface area contributed by atoms with Crippen molar-refractivity contribution in [3.63, 3.8) is 0 Å². The van der Waals surface area contributed by atoms with Crippen LogP contribution in [0.25, 0.3) is 0 Å². The first kappa shape index (κ1) is 18.5. The lowest BCUT2D eigenvalue weighted by Crippen LogP contribution is -2.47. The molecular weight excluding hydrogens is 298 g/mol. The molecule has 1 amide bonds. The van der Waals surface area contributed by atoms with E-state index in [1.165, 1.54) is 12.8 Å². The van der Waals surface area contributed by atoms with E-state index >= 15 is 0 Å². The minimum atomic E-state index is -0.0756. The second kappa shape index (κ2) is 8.84. The molecule has 0 aliphatic carbocycles. The zero-order valence-corrected chi connectivity index (χ0v) is 15.1. The van der Waals surface area contributed by atoms with E-state index in [1.807, 2.05) is 26.0 Å². The molecular formula is C20H29N3O. The first-order valence-corrected chi connectivity index (χ1v) is 9.19. The highest BCUT2D eigenvalue weighted by molar-refractivity contribution is 5.95. The maximum atomic E-state index is 12.9. The Morgan fingerprint density at radius 1 is 1.42 bits per heavy atom. The molecule has 0 radical (unpaired) electrons. The molecule has 1 aliphatic heterocycles. The molecule has 1 heterocycles. The van der Waals surface area contributed by atoms with Gasteiger partial charge in [-0.3, -0.25) is 9.69 Å². The fourth-order valence-corrected chi connectivity index (χ4v) is 3.70. The third-order valence-corrected chi connectivity index (χ3v) is 5.07. The van der Waals surface area contributed by atoms with E-state index in [0.717, 1.165) is 37.9 Å². The third kappa shape index (κ3) is 4.15. The first-order chi connectivity index (χ1) is 11.6. The highest BCUT2D eigenvalue weighted by atomic mass is 16.1. The van der Waals surface area contributed by atoms with Crippen molar-refractivity contribution < 1.29 is 4.79 Å². The number of amides is 1. The van der Waals surface area contributed by atoms with Crippen LogP contribution in [0.3, 0.4) is 0 Å². The standard InChI is InChI=1S/C20H29N3O/c1-4-12-23-13-7-6-11-18(23)15(3)20(24)22-19-16(5-2)9-8-10-17(19)14-21/h8-10,15,18H,4-7,11-13H2,1-3H3,(H,22,24)/t15-,18+/m1/s1. The van der Waals surface area contributed by atoms with Gasteiger partial charge in [0.05, 0.1) is 17.2 Å². The number of nitrogens with one attached hydrogen (secondary N) is 1. The highest BCUT2D eigenvalue weighted by Gasteiger charge is 2.31. The molecule has 4 heteroatoms. The van der Waals surface area contributed by atoms with Crippen LogP contribution in [0.5, 0.6) is 0 Å². The number of anilines is 1. The van der Waals surface area contributed by atoms with Gasteiger partial charge in [0.25, 0.3) is 0 Å². The number of piperidine rings is 1. The zero-order chi connectivity index (χ0) is 17.5. The molecule has 1 aromatic carbocycles. The summed E-state index contributed by atoms with van der Waals surface area (Å²) in [6.45, 7) is 8.39. The van der Waals surface area contributed by atoms with Crippen molar-refractivity contribution in [1.29, 1.82) is 5.26 Å². The van der Waals surface area contributed by atoms with Crippen LogP contribution >= 0.6 is 0 Å². The van der Waals surface area contributed by atoms with E-state index in [-0.39, 0.29) is 11.8 Å². The fourth-order valence-electron chi connectivity index (χ4n) is 3.70. The SMILES string of the molecule is CCCN1CCCC[C@H]1[C@@H](C)C(=O)Nc1c(C#N)cccc1CC. The van der Waals surface area contributed by atoms with Crippen LogP contribution in [0.4, 0.5) is 5.69 Å². The summed E-state index contributed by atoms with van der Waals surface area (Å²) in [7, 11) is 0. The Balaban J connectivity index is 2.16. The van der Waals surface area contributed by atoms with Crippen molar-refractivity contribution in [2.24, 2.45) is 5.92 Å². The molecule has 0 bridgehead atoms. The van der Waals surface area contributed by atoms with Gasteiger partial charge < -0.3 is 5.32 Å². The second-order valence-corrected chi connectivity index (χ2v) is 6.68. The van der Waals surface area contributed by atoms with Crippen LogP contribution in [0.15, 0.2) is 18.2 Å². The van der Waals surface area contributed by atoms with Gasteiger partial charge in [-0.1, -0.05) is 39.3 Å². The van der Waals surface area contributed by atoms with Gasteiger partial charge in [-0.05, 0) is 50.4 Å². The zero-order valence-electron chi connectivity index (χ0n) is 15.1. The molecule has 130 valence electrons. The summed E-state index contributed by atoms with van der Waals surface area (Å²) in [5.74, 6) is -0.0475. The topological polar surface area (TPSA) is 56.1 Å². The summed E-state index contributed by atoms with van der Waals surface area (Å²) in [5.41, 5.74) is 2.25. The van der Waals surface area contributed by atoms with Crippen LogP contribution in [0, 0.1) is 17.2 Å². The van der Waals surface area contributed by atoms with E-state index in [9.17, 15) is 10.1 Å². The molecule has 1 N–H and O–H groups in total. The van der Waals surface area contributed by atoms with Crippen molar-refractivity contribution in [2.45, 2.75) is 58.9 Å². The lowest BCUT2D eigenvalue weighted by Gasteiger charge is -2.38. The first-order valence-electron chi connectivity index (χ1n) is 9.19. The second-order valence-electron chi connectivity index (χ2n) is 6.68. The normalized spacial score (nSPS) is 19.5. The molecule has 24 heavy (non-hydrogen) atoms. The number of hydrogen-bond acceptors (Lipinski definition) is 3. The van der Waals surface area contributed by atoms with Gasteiger partial charge in [0.1, 0.15) is 6.07 Å². The predicted octanol–water partition coefficient (Wildman–Crippen LogP) is 3.96. The number of carbonyl (C=O) groups excluding carboxylic acids is 1. The predicted molar refractivity (Wildman–Crippen MR) is 97.8 cm³/mol. The summed E-state index contributed by atoms with van der Waals surface area (Å²) in [6.07, 6.45) is 5.40. The summed E-state index contributed by atoms with van der Waals surface area (Å²) in [5, 5.41) is 12.4. The Hall–Kier alpha value is -1.86. The van der Waals surface area contributed by atoms with Gasteiger partial charge >= 0.3 is 0 Å². The van der Waals surface area contributed by atoms with E-state index < -0.39 is 0 Å². The Labute approximate surface area is 145 Å². The lowest BCUT2D eigenvalue weighted by molar-refractivity contribution is -0.122. The van der Waals surface area contributed by atoms with Crippen molar-refractivity contribution in [3.05, 3.63) is 29.3 Å². The largest absolute Gasteiger partial charge is 0.324 e. The molecule has 1 fully saturated rings. The molecule has 0 unspecified atom stereocenters. The Kier molecular flexibility index (Phi) is 6.81. The van der Waals surface area contributed by atoms with Crippen molar-refractivity contribution in [3.8, 4) is 6.07 Å². The summed E-state index contributed by atoms with van der Waals surface area (Å²) in [4.78, 5) is 15.3. The third-order valence-electron chi connectivity index (χ3n) is 5.07. The van der Waals surface area contributed by atoms with Crippen LogP contribution in [0.2, 0.25) is 0 Å². The maximum absolute atomic E-state index is 12.9. The van der Waals surface area contributed by atoms with Gasteiger partial charge in [0.15, 0.2) is 0 Å². The van der Waals surface area contributed by atoms with Crippen molar-refractivity contribution >= 4 is 11.6 Å². The van der Waals surface area contributed by atoms with E-state index in [2.05, 4.69) is 23.2 Å². The average molecular weight is 327 g/mol. The number of nitriles is 1. The number of rotatable bonds is 6. The van der Waals surface area contributed by atoms with Gasteiger partial charge in [0.2, 0.25) is 5.91 Å². The Morgan fingerprint density at radius 3 is 2.88 bits per heavy atom. The Bertz CT molecular complexity index is 603. The number of benzene rings is 1. The summed E-state index contributed by atoms with van der Waals surface area (Å²) >= 11 is 0. The molecule has 0 spiro atoms.